The first-order valence-electron chi connectivity index (χ1n) is 5.07. The lowest BCUT2D eigenvalue weighted by Gasteiger charge is -2.30. The van der Waals surface area contributed by atoms with Gasteiger partial charge >= 0.3 is 5.97 Å². The first-order chi connectivity index (χ1) is 7.20. The topological polar surface area (TPSA) is 66.6 Å². The van der Waals surface area contributed by atoms with E-state index in [-0.39, 0.29) is 11.7 Å². The lowest BCUT2D eigenvalue weighted by molar-refractivity contribution is 0.0682. The molecule has 1 aliphatic heterocycles. The molecule has 0 aliphatic carbocycles. The van der Waals surface area contributed by atoms with Crippen LogP contribution in [0.3, 0.4) is 0 Å². The highest BCUT2D eigenvalue weighted by atomic mass is 16.4. The maximum atomic E-state index is 10.9. The van der Waals surface area contributed by atoms with Gasteiger partial charge in [0, 0.05) is 0 Å². The molecule has 1 aromatic heterocycles. The third-order valence-electron chi connectivity index (χ3n) is 2.87. The summed E-state index contributed by atoms with van der Waals surface area (Å²) in [5, 5.41) is 8.93. The second-order valence-corrected chi connectivity index (χ2v) is 3.86. The molecule has 0 spiro atoms. The second-order valence-electron chi connectivity index (χ2n) is 3.86. The highest BCUT2D eigenvalue weighted by Crippen LogP contribution is 2.31. The number of hydrogen-bond donors (Lipinski definition) is 1. The summed E-state index contributed by atoms with van der Waals surface area (Å²) < 4.78 is 5.20. The zero-order valence-corrected chi connectivity index (χ0v) is 8.64. The predicted octanol–water partition coefficient (Wildman–Crippen LogP) is 1.53. The van der Waals surface area contributed by atoms with E-state index in [2.05, 4.69) is 9.88 Å². The molecule has 2 heterocycles. The normalized spacial score (nSPS) is 22.9. The van der Waals surface area contributed by atoms with Gasteiger partial charge in [0.15, 0.2) is 17.8 Å². The van der Waals surface area contributed by atoms with Crippen molar-refractivity contribution < 1.29 is 14.3 Å². The van der Waals surface area contributed by atoms with Gasteiger partial charge in [0.2, 0.25) is 0 Å². The number of oxazole rings is 1. The number of likely N-dealkylation sites (tertiary alicyclic amines) is 1. The summed E-state index contributed by atoms with van der Waals surface area (Å²) in [6.07, 6.45) is 4.41. The number of aromatic nitrogens is 1. The number of nitrogens with zero attached hydrogens (tertiary/aromatic N) is 2. The molecule has 5 nitrogen and oxygen atoms in total. The molecule has 1 aliphatic rings. The molecule has 0 radical (unpaired) electrons. The van der Waals surface area contributed by atoms with Gasteiger partial charge in [-0.25, -0.2) is 9.78 Å². The minimum Gasteiger partial charge on any atom is -0.476 e. The molecule has 1 unspecified atom stereocenters. The Bertz CT molecular complexity index is 361. The summed E-state index contributed by atoms with van der Waals surface area (Å²) in [5.74, 6) is -0.526. The average molecular weight is 210 g/mol. The molecular formula is C10H14N2O3. The molecule has 1 atom stereocenters. The molecule has 82 valence electrons. The molecular weight excluding hydrogens is 196 g/mol. The van der Waals surface area contributed by atoms with Crippen LogP contribution in [0.1, 0.15) is 41.6 Å². The van der Waals surface area contributed by atoms with Crippen LogP contribution in [0, 0.1) is 0 Å². The predicted molar refractivity (Wildman–Crippen MR) is 52.7 cm³/mol. The van der Waals surface area contributed by atoms with Crippen molar-refractivity contribution >= 4 is 5.97 Å². The second kappa shape index (κ2) is 4.02. The van der Waals surface area contributed by atoms with Crippen molar-refractivity contribution in [3.05, 3.63) is 17.8 Å². The molecule has 5 heteroatoms. The Morgan fingerprint density at radius 3 is 3.13 bits per heavy atom. The van der Waals surface area contributed by atoms with E-state index in [1.54, 1.807) is 0 Å². The molecule has 1 aromatic rings. The minimum atomic E-state index is -1.02. The van der Waals surface area contributed by atoms with E-state index in [0.29, 0.717) is 5.76 Å². The zero-order chi connectivity index (χ0) is 10.8. The van der Waals surface area contributed by atoms with E-state index >= 15 is 0 Å². The Morgan fingerprint density at radius 1 is 1.67 bits per heavy atom. The number of carboxylic acids is 1. The Morgan fingerprint density at radius 2 is 2.47 bits per heavy atom. The molecule has 1 N–H and O–H groups in total. The summed E-state index contributed by atoms with van der Waals surface area (Å²) in [7, 11) is 1.98. The quantitative estimate of drug-likeness (QED) is 0.801. The minimum absolute atomic E-state index is 0.0498. The van der Waals surface area contributed by atoms with Crippen LogP contribution in [0.2, 0.25) is 0 Å². The number of rotatable bonds is 2. The molecule has 0 amide bonds. The van der Waals surface area contributed by atoms with E-state index in [1.807, 2.05) is 7.05 Å². The molecule has 0 aromatic carbocycles. The van der Waals surface area contributed by atoms with Crippen LogP contribution < -0.4 is 0 Å². The van der Waals surface area contributed by atoms with Crippen molar-refractivity contribution in [3.63, 3.8) is 0 Å². The maximum absolute atomic E-state index is 10.9. The summed E-state index contributed by atoms with van der Waals surface area (Å²) in [6.45, 7) is 0.977. The van der Waals surface area contributed by atoms with Crippen LogP contribution in [0.25, 0.3) is 0 Å². The van der Waals surface area contributed by atoms with Crippen LogP contribution in [-0.2, 0) is 0 Å². The first-order valence-corrected chi connectivity index (χ1v) is 5.07. The summed E-state index contributed by atoms with van der Waals surface area (Å²) >= 11 is 0. The Kier molecular flexibility index (Phi) is 2.73. The van der Waals surface area contributed by atoms with Gasteiger partial charge in [-0.1, -0.05) is 6.42 Å². The third-order valence-corrected chi connectivity index (χ3v) is 2.87. The van der Waals surface area contributed by atoms with Gasteiger partial charge in [-0.05, 0) is 26.4 Å². The van der Waals surface area contributed by atoms with Gasteiger partial charge in [-0.2, -0.15) is 0 Å². The van der Waals surface area contributed by atoms with Crippen molar-refractivity contribution in [1.82, 2.24) is 9.88 Å². The van der Waals surface area contributed by atoms with Gasteiger partial charge in [-0.15, -0.1) is 0 Å². The molecule has 1 saturated heterocycles. The summed E-state index contributed by atoms with van der Waals surface area (Å²) in [5.41, 5.74) is 0.0498. The monoisotopic (exact) mass is 210 g/mol. The number of carboxylic acid groups (broad SMARTS) is 1. The molecule has 0 saturated carbocycles. The van der Waals surface area contributed by atoms with Gasteiger partial charge in [-0.3, -0.25) is 4.90 Å². The van der Waals surface area contributed by atoms with E-state index in [4.69, 9.17) is 9.52 Å². The van der Waals surface area contributed by atoms with Gasteiger partial charge in [0.25, 0.3) is 0 Å². The van der Waals surface area contributed by atoms with E-state index in [0.717, 1.165) is 25.8 Å². The Balaban J connectivity index is 2.27. The van der Waals surface area contributed by atoms with Crippen LogP contribution in [0.15, 0.2) is 10.8 Å². The van der Waals surface area contributed by atoms with Gasteiger partial charge in [0.05, 0.1) is 6.04 Å². The lowest BCUT2D eigenvalue weighted by atomic mass is 10.00. The molecule has 15 heavy (non-hydrogen) atoms. The molecule has 2 rings (SSSR count). The standard InChI is InChI=1S/C10H14N2O3/c1-12-5-3-2-4-7(12)9-8(10(13)14)11-6-15-9/h6-7H,2-5H2,1H3,(H,13,14). The fourth-order valence-corrected chi connectivity index (χ4v) is 2.06. The zero-order valence-electron chi connectivity index (χ0n) is 8.64. The van der Waals surface area contributed by atoms with Crippen LogP contribution in [0.5, 0.6) is 0 Å². The van der Waals surface area contributed by atoms with E-state index < -0.39 is 5.97 Å². The fraction of sp³-hybridized carbons (Fsp3) is 0.600. The average Bonchev–Trinajstić information content (AvgIpc) is 2.67. The van der Waals surface area contributed by atoms with E-state index in [9.17, 15) is 4.79 Å². The Hall–Kier alpha value is -1.36. The fourth-order valence-electron chi connectivity index (χ4n) is 2.06. The highest BCUT2D eigenvalue weighted by Gasteiger charge is 2.28. The van der Waals surface area contributed by atoms with Crippen molar-refractivity contribution in [2.75, 3.05) is 13.6 Å². The van der Waals surface area contributed by atoms with Crippen molar-refractivity contribution in [1.29, 1.82) is 0 Å². The molecule has 1 fully saturated rings. The van der Waals surface area contributed by atoms with Crippen molar-refractivity contribution in [2.24, 2.45) is 0 Å². The van der Waals surface area contributed by atoms with Crippen molar-refractivity contribution in [3.8, 4) is 0 Å². The SMILES string of the molecule is CN1CCCCC1c1ocnc1C(=O)O. The maximum Gasteiger partial charge on any atom is 0.358 e. The number of piperidine rings is 1. The van der Waals surface area contributed by atoms with Gasteiger partial charge in [0.1, 0.15) is 0 Å². The van der Waals surface area contributed by atoms with Gasteiger partial charge < -0.3 is 9.52 Å². The van der Waals surface area contributed by atoms with Crippen LogP contribution in [0.4, 0.5) is 0 Å². The lowest BCUT2D eigenvalue weighted by Crippen LogP contribution is -2.30. The third kappa shape index (κ3) is 1.87. The van der Waals surface area contributed by atoms with Crippen LogP contribution >= 0.6 is 0 Å². The Labute approximate surface area is 87.7 Å². The highest BCUT2D eigenvalue weighted by molar-refractivity contribution is 5.86. The summed E-state index contributed by atoms with van der Waals surface area (Å²) in [6, 6.07) is 0.0624. The molecule has 0 bridgehead atoms. The summed E-state index contributed by atoms with van der Waals surface area (Å²) in [4.78, 5) is 16.7. The smallest absolute Gasteiger partial charge is 0.358 e. The van der Waals surface area contributed by atoms with E-state index in [1.165, 1.54) is 6.39 Å². The number of aromatic carboxylic acids is 1. The number of carbonyl (C=O) groups is 1. The first kappa shape index (κ1) is 10.2. The van der Waals surface area contributed by atoms with Crippen molar-refractivity contribution in [2.45, 2.75) is 25.3 Å². The largest absolute Gasteiger partial charge is 0.476 e. The van der Waals surface area contributed by atoms with Crippen LogP contribution in [-0.4, -0.2) is 34.6 Å². The number of hydrogen-bond acceptors (Lipinski definition) is 4.